The summed E-state index contributed by atoms with van der Waals surface area (Å²) in [6.07, 6.45) is 3.84. The van der Waals surface area contributed by atoms with E-state index >= 15 is 0 Å². The number of nitrogens with one attached hydrogen (secondary N) is 3. The molecule has 2 aromatic carbocycles. The predicted molar refractivity (Wildman–Crippen MR) is 149 cm³/mol. The minimum absolute atomic E-state index is 0.259. The van der Waals surface area contributed by atoms with E-state index in [-0.39, 0.29) is 5.91 Å². The molecule has 0 unspecified atom stereocenters. The molecule has 2 heterocycles. The van der Waals surface area contributed by atoms with Crippen LogP contribution in [0.2, 0.25) is 5.02 Å². The van der Waals surface area contributed by atoms with E-state index in [2.05, 4.69) is 44.8 Å². The van der Waals surface area contributed by atoms with E-state index in [0.717, 1.165) is 43.0 Å². The minimum Gasteiger partial charge on any atom is -0.370 e. The van der Waals surface area contributed by atoms with Crippen LogP contribution in [-0.4, -0.2) is 54.1 Å². The van der Waals surface area contributed by atoms with Crippen molar-refractivity contribution in [2.45, 2.75) is 18.9 Å². The second kappa shape index (κ2) is 11.5. The van der Waals surface area contributed by atoms with E-state index in [1.807, 2.05) is 30.3 Å². The van der Waals surface area contributed by atoms with Crippen LogP contribution in [0.15, 0.2) is 66.9 Å². The number of nitrogens with zero attached hydrogens (tertiary/aromatic N) is 3. The summed E-state index contributed by atoms with van der Waals surface area (Å²) in [5.41, 5.74) is 3.66. The fraction of sp³-hybridized carbons (Fsp3) is 0.269. The lowest BCUT2D eigenvalue weighted by molar-refractivity contribution is 0.102. The summed E-state index contributed by atoms with van der Waals surface area (Å²) >= 11 is 12.1. The Morgan fingerprint density at radius 3 is 2.26 bits per heavy atom. The monoisotopic (exact) mass is 508 g/mol. The van der Waals surface area contributed by atoms with Crippen LogP contribution in [-0.2, 0) is 0 Å². The van der Waals surface area contributed by atoms with Gasteiger partial charge in [0.15, 0.2) is 5.11 Å². The summed E-state index contributed by atoms with van der Waals surface area (Å²) in [4.78, 5) is 20.9. The van der Waals surface area contributed by atoms with E-state index in [1.165, 1.54) is 0 Å². The van der Waals surface area contributed by atoms with Gasteiger partial charge in [0.2, 0.25) is 0 Å². The van der Waals surface area contributed by atoms with Crippen LogP contribution in [0.25, 0.3) is 0 Å². The maximum atomic E-state index is 12.2. The third-order valence-electron chi connectivity index (χ3n) is 6.12. The Kier molecular flexibility index (Phi) is 8.17. The molecule has 1 aliphatic heterocycles. The molecule has 0 aliphatic carbocycles. The number of aromatic nitrogens is 1. The van der Waals surface area contributed by atoms with Gasteiger partial charge in [-0.25, -0.2) is 0 Å². The average molecular weight is 509 g/mol. The van der Waals surface area contributed by atoms with Crippen molar-refractivity contribution in [3.05, 3.63) is 77.6 Å². The highest BCUT2D eigenvalue weighted by molar-refractivity contribution is 7.80. The first-order valence-electron chi connectivity index (χ1n) is 11.5. The van der Waals surface area contributed by atoms with Gasteiger partial charge in [-0.3, -0.25) is 9.78 Å². The smallest absolute Gasteiger partial charge is 0.274 e. The SMILES string of the molecule is CN1CCC(N(C)c2ccc(NC(=S)Nc3ccc(NC(=O)c4ccccn4)cc3)cc2Cl)CC1. The summed E-state index contributed by atoms with van der Waals surface area (Å²) in [6, 6.07) is 18.9. The Hall–Kier alpha value is -3.20. The number of anilines is 4. The summed E-state index contributed by atoms with van der Waals surface area (Å²) in [5.74, 6) is -0.259. The van der Waals surface area contributed by atoms with E-state index in [9.17, 15) is 4.79 Å². The molecule has 35 heavy (non-hydrogen) atoms. The molecule has 182 valence electrons. The first kappa shape index (κ1) is 24.9. The van der Waals surface area contributed by atoms with Crippen molar-refractivity contribution in [3.8, 4) is 0 Å². The van der Waals surface area contributed by atoms with Crippen LogP contribution < -0.4 is 20.9 Å². The molecule has 0 saturated carbocycles. The van der Waals surface area contributed by atoms with E-state index in [0.29, 0.717) is 27.6 Å². The zero-order valence-corrected chi connectivity index (χ0v) is 21.4. The van der Waals surface area contributed by atoms with Crippen molar-refractivity contribution in [2.24, 2.45) is 0 Å². The number of amides is 1. The Bertz CT molecular complexity index is 1170. The molecule has 0 bridgehead atoms. The third-order valence-corrected chi connectivity index (χ3v) is 6.63. The number of rotatable bonds is 6. The molecule has 1 saturated heterocycles. The van der Waals surface area contributed by atoms with Crippen LogP contribution in [0.3, 0.4) is 0 Å². The van der Waals surface area contributed by atoms with Gasteiger partial charge < -0.3 is 25.8 Å². The van der Waals surface area contributed by atoms with Crippen molar-refractivity contribution >= 4 is 57.6 Å². The molecular formula is C26H29ClN6OS. The highest BCUT2D eigenvalue weighted by atomic mass is 35.5. The highest BCUT2D eigenvalue weighted by Gasteiger charge is 2.22. The Balaban J connectivity index is 1.31. The number of carbonyl (C=O) groups is 1. The molecule has 1 aromatic heterocycles. The summed E-state index contributed by atoms with van der Waals surface area (Å²) in [6.45, 7) is 2.20. The molecule has 0 radical (unpaired) electrons. The van der Waals surface area contributed by atoms with Crippen LogP contribution in [0.1, 0.15) is 23.3 Å². The number of pyridine rings is 1. The first-order chi connectivity index (χ1) is 16.9. The van der Waals surface area contributed by atoms with Gasteiger partial charge >= 0.3 is 0 Å². The third kappa shape index (κ3) is 6.69. The second-order valence-electron chi connectivity index (χ2n) is 8.64. The van der Waals surface area contributed by atoms with Gasteiger partial charge in [-0.2, -0.15) is 0 Å². The second-order valence-corrected chi connectivity index (χ2v) is 9.45. The summed E-state index contributed by atoms with van der Waals surface area (Å²) in [7, 11) is 4.27. The van der Waals surface area contributed by atoms with Gasteiger partial charge in [-0.1, -0.05) is 17.7 Å². The molecule has 1 aliphatic rings. The topological polar surface area (TPSA) is 72.5 Å². The average Bonchev–Trinajstić information content (AvgIpc) is 2.86. The van der Waals surface area contributed by atoms with E-state index in [4.69, 9.17) is 23.8 Å². The number of hydrogen-bond donors (Lipinski definition) is 3. The van der Waals surface area contributed by atoms with Crippen molar-refractivity contribution in [1.29, 1.82) is 0 Å². The maximum Gasteiger partial charge on any atom is 0.274 e. The quantitative estimate of drug-likeness (QED) is 0.389. The molecule has 3 aromatic rings. The van der Waals surface area contributed by atoms with Gasteiger partial charge in [-0.05, 0) is 99.8 Å². The number of likely N-dealkylation sites (tertiary alicyclic amines) is 1. The van der Waals surface area contributed by atoms with Crippen molar-refractivity contribution < 1.29 is 4.79 Å². The fourth-order valence-corrected chi connectivity index (χ4v) is 4.62. The van der Waals surface area contributed by atoms with Crippen molar-refractivity contribution in [3.63, 3.8) is 0 Å². The highest BCUT2D eigenvalue weighted by Crippen LogP contribution is 2.31. The van der Waals surface area contributed by atoms with Gasteiger partial charge in [-0.15, -0.1) is 0 Å². The number of piperidine rings is 1. The number of thiocarbonyl (C=S) groups is 1. The molecule has 0 spiro atoms. The summed E-state index contributed by atoms with van der Waals surface area (Å²) in [5, 5.41) is 10.3. The van der Waals surface area contributed by atoms with Gasteiger partial charge in [0, 0.05) is 36.3 Å². The zero-order chi connectivity index (χ0) is 24.8. The van der Waals surface area contributed by atoms with Crippen molar-refractivity contribution in [1.82, 2.24) is 9.88 Å². The van der Waals surface area contributed by atoms with E-state index in [1.54, 1.807) is 36.5 Å². The normalized spacial score (nSPS) is 14.3. The number of benzene rings is 2. The lowest BCUT2D eigenvalue weighted by Gasteiger charge is -2.36. The number of carbonyl (C=O) groups excluding carboxylic acids is 1. The largest absolute Gasteiger partial charge is 0.370 e. The van der Waals surface area contributed by atoms with Crippen LogP contribution >= 0.6 is 23.8 Å². The van der Waals surface area contributed by atoms with Crippen molar-refractivity contribution in [2.75, 3.05) is 48.0 Å². The van der Waals surface area contributed by atoms with Crippen LogP contribution in [0.5, 0.6) is 0 Å². The number of hydrogen-bond acceptors (Lipinski definition) is 5. The maximum absolute atomic E-state index is 12.2. The van der Waals surface area contributed by atoms with Crippen LogP contribution in [0, 0.1) is 0 Å². The van der Waals surface area contributed by atoms with Gasteiger partial charge in [0.1, 0.15) is 5.69 Å². The molecule has 7 nitrogen and oxygen atoms in total. The Morgan fingerprint density at radius 2 is 1.63 bits per heavy atom. The molecule has 0 atom stereocenters. The zero-order valence-electron chi connectivity index (χ0n) is 19.8. The lowest BCUT2D eigenvalue weighted by atomic mass is 10.0. The molecule has 4 rings (SSSR count). The Morgan fingerprint density at radius 1 is 1.00 bits per heavy atom. The minimum atomic E-state index is -0.259. The number of halogens is 1. The first-order valence-corrected chi connectivity index (χ1v) is 12.3. The molecular weight excluding hydrogens is 480 g/mol. The Labute approximate surface area is 216 Å². The van der Waals surface area contributed by atoms with Gasteiger partial charge in [0.05, 0.1) is 10.7 Å². The molecule has 3 N–H and O–H groups in total. The lowest BCUT2D eigenvalue weighted by Crippen LogP contribution is -2.42. The fourth-order valence-electron chi connectivity index (χ4n) is 4.07. The standard InChI is InChI=1S/C26H29ClN6OS/c1-32-15-12-21(13-16-32)33(2)24-11-10-20(17-22(24)27)31-26(35)30-19-8-6-18(7-9-19)29-25(34)23-5-3-4-14-28-23/h3-11,14,17,21H,12-13,15-16H2,1-2H3,(H,29,34)(H2,30,31,35). The molecule has 1 fully saturated rings. The molecule has 1 amide bonds. The predicted octanol–water partition coefficient (Wildman–Crippen LogP) is 5.33. The molecule has 9 heteroatoms. The van der Waals surface area contributed by atoms with Gasteiger partial charge in [0.25, 0.3) is 5.91 Å². The van der Waals surface area contributed by atoms with Crippen LogP contribution in [0.4, 0.5) is 22.7 Å². The summed E-state index contributed by atoms with van der Waals surface area (Å²) < 4.78 is 0. The van der Waals surface area contributed by atoms with E-state index < -0.39 is 0 Å².